The number of carbonyl (C=O) groups is 2. The Hall–Kier alpha value is -2.48. The number of aromatic hydroxyl groups is 1. The van der Waals surface area contributed by atoms with Crippen LogP contribution in [0.1, 0.15) is 48.2 Å². The maximum atomic E-state index is 12.8. The number of ether oxygens (including phenoxy) is 1. The summed E-state index contributed by atoms with van der Waals surface area (Å²) in [7, 11) is 0. The zero-order chi connectivity index (χ0) is 21.6. The minimum Gasteiger partial charge on any atom is -0.507 e. The van der Waals surface area contributed by atoms with E-state index >= 15 is 0 Å². The molecule has 1 heterocycles. The molecule has 0 fully saturated rings. The van der Waals surface area contributed by atoms with Crippen LogP contribution in [-0.4, -0.2) is 57.1 Å². The lowest BCUT2D eigenvalue weighted by atomic mass is 9.95. The normalized spacial score (nSPS) is 28.2. The van der Waals surface area contributed by atoms with Crippen LogP contribution in [0.15, 0.2) is 30.4 Å². The minimum atomic E-state index is -1.57. The molecule has 0 spiro atoms. The Balaban J connectivity index is 2.53. The molecule has 158 valence electrons. The van der Waals surface area contributed by atoms with Crippen molar-refractivity contribution in [1.29, 1.82) is 0 Å². The highest BCUT2D eigenvalue weighted by Gasteiger charge is 2.25. The fraction of sp³-hybridized carbons (Fsp3) is 0.455. The molecule has 2 rings (SSSR count). The first-order valence-electron chi connectivity index (χ1n) is 9.67. The van der Waals surface area contributed by atoms with E-state index in [1.165, 1.54) is 24.3 Å². The van der Waals surface area contributed by atoms with Gasteiger partial charge in [0.15, 0.2) is 5.78 Å². The summed E-state index contributed by atoms with van der Waals surface area (Å²) in [6.07, 6.45) is 3.19. The van der Waals surface area contributed by atoms with Gasteiger partial charge in [0.1, 0.15) is 23.5 Å². The summed E-state index contributed by atoms with van der Waals surface area (Å²) in [5, 5.41) is 39.6. The predicted molar refractivity (Wildman–Crippen MR) is 107 cm³/mol. The quantitative estimate of drug-likeness (QED) is 0.566. The Morgan fingerprint density at radius 3 is 2.55 bits per heavy atom. The van der Waals surface area contributed by atoms with Crippen molar-refractivity contribution in [2.75, 3.05) is 6.61 Å². The second-order valence-electron chi connectivity index (χ2n) is 7.24. The van der Waals surface area contributed by atoms with Gasteiger partial charge in [0.25, 0.3) is 0 Å². The largest absolute Gasteiger partial charge is 0.507 e. The molecule has 1 aromatic carbocycles. The summed E-state index contributed by atoms with van der Waals surface area (Å²) in [5.74, 6) is -1.91. The van der Waals surface area contributed by atoms with Gasteiger partial charge in [-0.2, -0.15) is 0 Å². The lowest BCUT2D eigenvalue weighted by Crippen LogP contribution is -2.32. The van der Waals surface area contributed by atoms with Gasteiger partial charge in [-0.1, -0.05) is 31.2 Å². The van der Waals surface area contributed by atoms with Crippen molar-refractivity contribution in [3.05, 3.63) is 47.1 Å². The number of aliphatic hydroxyl groups excluding tert-OH is 3. The van der Waals surface area contributed by atoms with E-state index < -0.39 is 30.1 Å². The summed E-state index contributed by atoms with van der Waals surface area (Å²) in [6.45, 7) is 3.38. The van der Waals surface area contributed by atoms with Crippen LogP contribution in [0.25, 0.3) is 6.08 Å². The minimum absolute atomic E-state index is 0.00268. The highest BCUT2D eigenvalue weighted by molar-refractivity contribution is 5.97. The molecule has 4 N–H and O–H groups in total. The second kappa shape index (κ2) is 10.3. The topological polar surface area (TPSA) is 124 Å². The third-order valence-corrected chi connectivity index (χ3v) is 5.04. The Kier molecular flexibility index (Phi) is 8.13. The number of benzene rings is 1. The zero-order valence-electron chi connectivity index (χ0n) is 16.6. The van der Waals surface area contributed by atoms with E-state index in [9.17, 15) is 24.9 Å². The molecule has 0 amide bonds. The molecule has 1 aromatic rings. The van der Waals surface area contributed by atoms with E-state index in [0.29, 0.717) is 18.4 Å². The predicted octanol–water partition coefficient (Wildman–Crippen LogP) is 1.76. The van der Waals surface area contributed by atoms with Crippen molar-refractivity contribution in [3.8, 4) is 5.75 Å². The van der Waals surface area contributed by atoms with Gasteiger partial charge in [0.05, 0.1) is 6.10 Å². The van der Waals surface area contributed by atoms with Gasteiger partial charge < -0.3 is 25.2 Å². The van der Waals surface area contributed by atoms with Gasteiger partial charge in [-0.15, -0.1) is 0 Å². The van der Waals surface area contributed by atoms with Gasteiger partial charge in [-0.3, -0.25) is 4.79 Å². The van der Waals surface area contributed by atoms with Crippen LogP contribution in [0.4, 0.5) is 0 Å². The number of ketones is 1. The summed E-state index contributed by atoms with van der Waals surface area (Å²) < 4.78 is 5.50. The maximum absolute atomic E-state index is 12.8. The number of rotatable bonds is 3. The van der Waals surface area contributed by atoms with Crippen molar-refractivity contribution in [2.24, 2.45) is 5.92 Å². The van der Waals surface area contributed by atoms with E-state index in [0.717, 1.165) is 5.56 Å². The number of phenolic OH excluding ortho intramolecular Hbond substituents is 1. The van der Waals surface area contributed by atoms with E-state index in [1.807, 2.05) is 0 Å². The number of hydrogen-bond donors (Lipinski definition) is 4. The molecule has 0 aliphatic carbocycles. The number of aliphatic hydroxyl groups is 3. The first-order valence-corrected chi connectivity index (χ1v) is 9.67. The number of cyclic esters (lactones) is 1. The van der Waals surface area contributed by atoms with Gasteiger partial charge in [0.2, 0.25) is 0 Å². The third-order valence-electron chi connectivity index (χ3n) is 5.04. The standard InChI is InChI=1S/C22H28O7/c1-13-8-10-19(26)21(27)18(25)7-3-6-16-15(5-4-12-23)9-11-17(24)20(16)22(28)29-14(13)2/h3,6,8-11,13-14,18,21,23-25,27H,4-5,7,12H2,1-2H3/b6-3+,10-8-/t13-,14-,18-,21-/m0/s1. The Labute approximate surface area is 169 Å². The van der Waals surface area contributed by atoms with Crippen LogP contribution in [0.2, 0.25) is 0 Å². The van der Waals surface area contributed by atoms with Crippen molar-refractivity contribution < 1.29 is 34.8 Å². The van der Waals surface area contributed by atoms with Gasteiger partial charge in [0, 0.05) is 12.5 Å². The number of phenols is 1. The van der Waals surface area contributed by atoms with E-state index in [1.54, 1.807) is 26.0 Å². The number of fused-ring (bicyclic) bond motifs is 1. The van der Waals surface area contributed by atoms with Gasteiger partial charge in [-0.25, -0.2) is 4.79 Å². The van der Waals surface area contributed by atoms with Gasteiger partial charge >= 0.3 is 5.97 Å². The molecule has 7 nitrogen and oxygen atoms in total. The molecular weight excluding hydrogens is 376 g/mol. The Bertz CT molecular complexity index is 797. The highest BCUT2D eigenvalue weighted by Crippen LogP contribution is 2.29. The smallest absolute Gasteiger partial charge is 0.342 e. The maximum Gasteiger partial charge on any atom is 0.342 e. The second-order valence-corrected chi connectivity index (χ2v) is 7.24. The molecule has 0 saturated heterocycles. The van der Waals surface area contributed by atoms with Crippen LogP contribution >= 0.6 is 0 Å². The Morgan fingerprint density at radius 1 is 1.14 bits per heavy atom. The molecule has 0 bridgehead atoms. The number of hydrogen-bond acceptors (Lipinski definition) is 7. The van der Waals surface area contributed by atoms with Crippen LogP contribution in [-0.2, 0) is 16.0 Å². The Morgan fingerprint density at radius 2 is 1.86 bits per heavy atom. The average molecular weight is 404 g/mol. The monoisotopic (exact) mass is 404 g/mol. The molecule has 4 atom stereocenters. The first kappa shape index (κ1) is 22.8. The first-order chi connectivity index (χ1) is 13.8. The molecule has 0 saturated carbocycles. The fourth-order valence-electron chi connectivity index (χ4n) is 3.02. The van der Waals surface area contributed by atoms with E-state index in [2.05, 4.69) is 0 Å². The molecule has 0 unspecified atom stereocenters. The number of esters is 1. The van der Waals surface area contributed by atoms with Crippen molar-refractivity contribution >= 4 is 17.8 Å². The highest BCUT2D eigenvalue weighted by atomic mass is 16.5. The molecule has 1 aliphatic heterocycles. The number of aryl methyl sites for hydroxylation is 1. The fourth-order valence-corrected chi connectivity index (χ4v) is 3.02. The molecule has 0 aromatic heterocycles. The van der Waals surface area contributed by atoms with Crippen LogP contribution in [0.5, 0.6) is 5.75 Å². The van der Waals surface area contributed by atoms with E-state index in [4.69, 9.17) is 9.84 Å². The molecule has 29 heavy (non-hydrogen) atoms. The van der Waals surface area contributed by atoms with Crippen molar-refractivity contribution in [3.63, 3.8) is 0 Å². The molecule has 1 aliphatic rings. The lowest BCUT2D eigenvalue weighted by molar-refractivity contribution is -0.127. The van der Waals surface area contributed by atoms with Crippen LogP contribution in [0, 0.1) is 5.92 Å². The SMILES string of the molecule is C[C@@H]1OC(=O)c2c(O)ccc(CCCO)c2/C=C/C[C@H](O)[C@H](O)C(=O)/C=C\[C@@H]1C. The summed E-state index contributed by atoms with van der Waals surface area (Å²) >= 11 is 0. The molecular formula is C22H28O7. The summed E-state index contributed by atoms with van der Waals surface area (Å²) in [4.78, 5) is 24.9. The lowest BCUT2D eigenvalue weighted by Gasteiger charge is -2.21. The third kappa shape index (κ3) is 5.76. The van der Waals surface area contributed by atoms with Crippen LogP contribution < -0.4 is 0 Å². The average Bonchev–Trinajstić information content (AvgIpc) is 2.69. The van der Waals surface area contributed by atoms with Gasteiger partial charge in [-0.05, 0) is 49.5 Å². The number of carbonyl (C=O) groups excluding carboxylic acids is 2. The van der Waals surface area contributed by atoms with E-state index in [-0.39, 0.29) is 30.3 Å². The van der Waals surface area contributed by atoms with Crippen LogP contribution in [0.3, 0.4) is 0 Å². The van der Waals surface area contributed by atoms with Crippen molar-refractivity contribution in [2.45, 2.75) is 51.4 Å². The molecule has 0 radical (unpaired) electrons. The molecule has 7 heteroatoms. The summed E-state index contributed by atoms with van der Waals surface area (Å²) in [5.41, 5.74) is 1.14. The van der Waals surface area contributed by atoms with Crippen molar-refractivity contribution in [1.82, 2.24) is 0 Å². The zero-order valence-corrected chi connectivity index (χ0v) is 16.6. The summed E-state index contributed by atoms with van der Waals surface area (Å²) in [6, 6.07) is 3.07.